The first-order valence-electron chi connectivity index (χ1n) is 6.43. The lowest BCUT2D eigenvalue weighted by Crippen LogP contribution is -2.28. The molecule has 21 heavy (non-hydrogen) atoms. The van der Waals surface area contributed by atoms with Crippen molar-refractivity contribution in [2.75, 3.05) is 6.26 Å². The van der Waals surface area contributed by atoms with Crippen LogP contribution in [0.4, 0.5) is 4.79 Å². The molecule has 1 heterocycles. The number of hydrogen-bond donors (Lipinski definition) is 2. The van der Waals surface area contributed by atoms with Crippen molar-refractivity contribution >= 4 is 22.1 Å². The smallest absolute Gasteiger partial charge is 0.322 e. The third-order valence-corrected chi connectivity index (χ3v) is 3.48. The zero-order valence-electron chi connectivity index (χ0n) is 11.5. The van der Waals surface area contributed by atoms with Crippen molar-refractivity contribution in [1.29, 1.82) is 0 Å². The van der Waals surface area contributed by atoms with E-state index in [1.54, 1.807) is 24.3 Å². The summed E-state index contributed by atoms with van der Waals surface area (Å²) < 4.78 is 26.7. The molecule has 0 radical (unpaired) electrons. The number of amides is 3. The maximum atomic E-state index is 11.3. The van der Waals surface area contributed by atoms with Crippen LogP contribution in [-0.4, -0.2) is 32.7 Å². The lowest BCUT2D eigenvalue weighted by molar-refractivity contribution is -0.120. The maximum Gasteiger partial charge on any atom is 0.322 e. The number of imide groups is 1. The van der Waals surface area contributed by atoms with Crippen LogP contribution >= 0.6 is 0 Å². The average Bonchev–Trinajstić information content (AvgIpc) is 2.68. The number of urea groups is 1. The van der Waals surface area contributed by atoms with Gasteiger partial charge in [0, 0.05) is 0 Å². The van der Waals surface area contributed by atoms with E-state index < -0.39 is 22.2 Å². The molecule has 0 aliphatic carbocycles. The number of rotatable bonds is 6. The van der Waals surface area contributed by atoms with E-state index in [4.69, 9.17) is 4.18 Å². The fourth-order valence-electron chi connectivity index (χ4n) is 2.06. The first kappa shape index (κ1) is 15.3. The second kappa shape index (κ2) is 6.13. The van der Waals surface area contributed by atoms with Crippen LogP contribution in [0.2, 0.25) is 0 Å². The molecule has 1 aromatic carbocycles. The highest BCUT2D eigenvalue weighted by Gasteiger charge is 2.28. The molecule has 2 N–H and O–H groups in total. The van der Waals surface area contributed by atoms with Crippen LogP contribution in [0.5, 0.6) is 5.75 Å². The lowest BCUT2D eigenvalue weighted by Gasteiger charge is -2.07. The number of nitrogens with one attached hydrogen (secondary N) is 2. The fourth-order valence-corrected chi connectivity index (χ4v) is 2.52. The van der Waals surface area contributed by atoms with Crippen molar-refractivity contribution in [2.45, 2.75) is 25.3 Å². The summed E-state index contributed by atoms with van der Waals surface area (Å²) in [5, 5.41) is 4.72. The Morgan fingerprint density at radius 1 is 1.19 bits per heavy atom. The van der Waals surface area contributed by atoms with Gasteiger partial charge in [-0.1, -0.05) is 12.1 Å². The SMILES string of the molecule is CS(=O)(=O)Oc1ccc(CCCC2NC(=O)NC2=O)cc1. The number of aryl methyl sites for hydroxylation is 1. The summed E-state index contributed by atoms with van der Waals surface area (Å²) >= 11 is 0. The van der Waals surface area contributed by atoms with Crippen molar-refractivity contribution in [3.8, 4) is 5.75 Å². The normalized spacial score (nSPS) is 18.2. The summed E-state index contributed by atoms with van der Waals surface area (Å²) in [7, 11) is -3.51. The Morgan fingerprint density at radius 3 is 2.38 bits per heavy atom. The Labute approximate surface area is 122 Å². The average molecular weight is 312 g/mol. The van der Waals surface area contributed by atoms with Crippen LogP contribution in [0.15, 0.2) is 24.3 Å². The Hall–Kier alpha value is -2.09. The molecule has 1 fully saturated rings. The van der Waals surface area contributed by atoms with Gasteiger partial charge >= 0.3 is 16.1 Å². The Morgan fingerprint density at radius 2 is 1.86 bits per heavy atom. The van der Waals surface area contributed by atoms with Crippen molar-refractivity contribution < 1.29 is 22.2 Å². The highest BCUT2D eigenvalue weighted by atomic mass is 32.2. The van der Waals surface area contributed by atoms with Gasteiger partial charge in [-0.25, -0.2) is 4.79 Å². The van der Waals surface area contributed by atoms with E-state index in [0.29, 0.717) is 6.42 Å². The second-order valence-electron chi connectivity index (χ2n) is 4.84. The summed E-state index contributed by atoms with van der Waals surface area (Å²) in [6, 6.07) is 5.79. The monoisotopic (exact) mass is 312 g/mol. The molecule has 8 heteroatoms. The van der Waals surface area contributed by atoms with E-state index in [9.17, 15) is 18.0 Å². The van der Waals surface area contributed by atoms with Gasteiger partial charge in [0.15, 0.2) is 0 Å². The summed E-state index contributed by atoms with van der Waals surface area (Å²) in [6.45, 7) is 0. The van der Waals surface area contributed by atoms with Crippen molar-refractivity contribution in [3.63, 3.8) is 0 Å². The van der Waals surface area contributed by atoms with Gasteiger partial charge in [0.1, 0.15) is 11.8 Å². The van der Waals surface area contributed by atoms with Gasteiger partial charge < -0.3 is 9.50 Å². The van der Waals surface area contributed by atoms with Gasteiger partial charge in [-0.15, -0.1) is 0 Å². The minimum Gasteiger partial charge on any atom is -0.383 e. The minimum atomic E-state index is -3.51. The minimum absolute atomic E-state index is 0.267. The molecule has 7 nitrogen and oxygen atoms in total. The summed E-state index contributed by atoms with van der Waals surface area (Å²) in [6.07, 6.45) is 2.99. The van der Waals surface area contributed by atoms with Gasteiger partial charge in [0.25, 0.3) is 5.91 Å². The Bertz CT molecular complexity index is 639. The van der Waals surface area contributed by atoms with Gasteiger partial charge in [0.2, 0.25) is 0 Å². The molecule has 114 valence electrons. The van der Waals surface area contributed by atoms with Crippen molar-refractivity contribution in [2.24, 2.45) is 0 Å². The number of benzene rings is 1. The summed E-state index contributed by atoms with van der Waals surface area (Å²) in [5.41, 5.74) is 1.00. The van der Waals surface area contributed by atoms with Crippen LogP contribution in [0, 0.1) is 0 Å². The Kier molecular flexibility index (Phi) is 4.46. The molecule has 1 unspecified atom stereocenters. The van der Waals surface area contributed by atoms with E-state index in [0.717, 1.165) is 24.7 Å². The van der Waals surface area contributed by atoms with Gasteiger partial charge in [-0.3, -0.25) is 10.1 Å². The molecular weight excluding hydrogens is 296 g/mol. The first-order valence-corrected chi connectivity index (χ1v) is 8.25. The van der Waals surface area contributed by atoms with E-state index in [2.05, 4.69) is 10.6 Å². The molecule has 2 rings (SSSR count). The van der Waals surface area contributed by atoms with Crippen LogP contribution in [0.25, 0.3) is 0 Å². The standard InChI is InChI=1S/C13H16N2O5S/c1-21(18,19)20-10-7-5-9(6-8-10)3-2-4-11-12(16)15-13(17)14-11/h5-8,11H,2-4H2,1H3,(H2,14,15,16,17). The van der Waals surface area contributed by atoms with Gasteiger partial charge in [-0.05, 0) is 37.0 Å². The molecule has 0 saturated carbocycles. The predicted molar refractivity (Wildman–Crippen MR) is 75.3 cm³/mol. The largest absolute Gasteiger partial charge is 0.383 e. The van der Waals surface area contributed by atoms with Crippen molar-refractivity contribution in [1.82, 2.24) is 10.6 Å². The van der Waals surface area contributed by atoms with Gasteiger partial charge in [0.05, 0.1) is 6.26 Å². The van der Waals surface area contributed by atoms with E-state index in [1.165, 1.54) is 0 Å². The molecular formula is C13H16N2O5S. The van der Waals surface area contributed by atoms with E-state index >= 15 is 0 Å². The maximum absolute atomic E-state index is 11.3. The van der Waals surface area contributed by atoms with Gasteiger partial charge in [-0.2, -0.15) is 8.42 Å². The van der Waals surface area contributed by atoms with Crippen molar-refractivity contribution in [3.05, 3.63) is 29.8 Å². The predicted octanol–water partition coefficient (Wildman–Crippen LogP) is 0.556. The zero-order valence-corrected chi connectivity index (χ0v) is 12.3. The second-order valence-corrected chi connectivity index (χ2v) is 6.41. The molecule has 0 bridgehead atoms. The fraction of sp³-hybridized carbons (Fsp3) is 0.385. The first-order chi connectivity index (χ1) is 9.83. The van der Waals surface area contributed by atoms with Crippen LogP contribution in [0.3, 0.4) is 0 Å². The zero-order chi connectivity index (χ0) is 15.5. The molecule has 0 aromatic heterocycles. The van der Waals surface area contributed by atoms with Crippen LogP contribution in [0.1, 0.15) is 18.4 Å². The lowest BCUT2D eigenvalue weighted by atomic mass is 10.0. The molecule has 1 saturated heterocycles. The quantitative estimate of drug-likeness (QED) is 0.590. The highest BCUT2D eigenvalue weighted by Crippen LogP contribution is 2.16. The number of carbonyl (C=O) groups is 2. The molecule has 3 amide bonds. The summed E-state index contributed by atoms with van der Waals surface area (Å²) in [5.74, 6) is -0.0272. The molecule has 0 spiro atoms. The molecule has 1 aliphatic heterocycles. The topological polar surface area (TPSA) is 102 Å². The van der Waals surface area contributed by atoms with Crippen LogP contribution in [-0.2, 0) is 21.3 Å². The van der Waals surface area contributed by atoms with E-state index in [1.807, 2.05) is 0 Å². The molecule has 1 aromatic rings. The Balaban J connectivity index is 1.81. The van der Waals surface area contributed by atoms with Crippen LogP contribution < -0.4 is 14.8 Å². The summed E-state index contributed by atoms with van der Waals surface area (Å²) in [4.78, 5) is 22.3. The number of hydrogen-bond acceptors (Lipinski definition) is 5. The molecule has 1 atom stereocenters. The number of carbonyl (C=O) groups excluding carboxylic acids is 2. The molecule has 1 aliphatic rings. The highest BCUT2D eigenvalue weighted by molar-refractivity contribution is 7.86. The third-order valence-electron chi connectivity index (χ3n) is 2.99. The van der Waals surface area contributed by atoms with E-state index in [-0.39, 0.29) is 11.7 Å². The third kappa shape index (κ3) is 4.75.